The molecule has 4 aromatic rings. The van der Waals surface area contributed by atoms with Crippen LogP contribution < -0.4 is 5.56 Å². The Morgan fingerprint density at radius 2 is 1.93 bits per heavy atom. The summed E-state index contributed by atoms with van der Waals surface area (Å²) in [5.41, 5.74) is 1.73. The van der Waals surface area contributed by atoms with Crippen LogP contribution in [0.15, 0.2) is 58.0 Å². The molecule has 1 aliphatic rings. The van der Waals surface area contributed by atoms with Crippen molar-refractivity contribution in [2.45, 2.75) is 18.9 Å². The Labute approximate surface area is 175 Å². The summed E-state index contributed by atoms with van der Waals surface area (Å²) in [6.45, 7) is 0.693. The highest BCUT2D eigenvalue weighted by Crippen LogP contribution is 2.39. The van der Waals surface area contributed by atoms with Gasteiger partial charge in [0, 0.05) is 28.7 Å². The summed E-state index contributed by atoms with van der Waals surface area (Å²) < 4.78 is 1.33. The third-order valence-corrected chi connectivity index (χ3v) is 7.37. The minimum Gasteiger partial charge on any atom is -0.330 e. The topological polar surface area (TPSA) is 55.2 Å². The number of benzene rings is 1. The molecule has 0 unspecified atom stereocenters. The smallest absolute Gasteiger partial charge is 0.274 e. The highest BCUT2D eigenvalue weighted by Gasteiger charge is 2.33. The Hall–Kier alpha value is -2.77. The van der Waals surface area contributed by atoms with Gasteiger partial charge in [0.05, 0.1) is 23.5 Å². The predicted octanol–water partition coefficient (Wildman–Crippen LogP) is 3.77. The SMILES string of the molecule is Cn1nc(CC(=O)N2CCc3sccc3[C@H]2c2cccs2)c2ccccc2c1=O. The largest absolute Gasteiger partial charge is 0.330 e. The second kappa shape index (κ2) is 7.24. The zero-order valence-corrected chi connectivity index (χ0v) is 17.5. The van der Waals surface area contributed by atoms with E-state index in [1.54, 1.807) is 35.8 Å². The van der Waals surface area contributed by atoms with Crippen LogP contribution in [0, 0.1) is 0 Å². The van der Waals surface area contributed by atoms with Crippen molar-refractivity contribution >= 4 is 39.4 Å². The van der Waals surface area contributed by atoms with Crippen LogP contribution in [0.4, 0.5) is 0 Å². The fraction of sp³-hybridized carbons (Fsp3) is 0.227. The fourth-order valence-corrected chi connectivity index (χ4v) is 5.85. The normalized spacial score (nSPS) is 16.2. The van der Waals surface area contributed by atoms with E-state index < -0.39 is 0 Å². The van der Waals surface area contributed by atoms with E-state index >= 15 is 0 Å². The molecule has 0 aliphatic carbocycles. The zero-order valence-electron chi connectivity index (χ0n) is 15.9. The molecule has 5 nitrogen and oxygen atoms in total. The number of rotatable bonds is 3. The quantitative estimate of drug-likeness (QED) is 0.506. The molecular formula is C22H19N3O2S2. The molecule has 7 heteroatoms. The molecule has 0 saturated heterocycles. The molecule has 29 heavy (non-hydrogen) atoms. The van der Waals surface area contributed by atoms with Crippen LogP contribution in [0.2, 0.25) is 0 Å². The van der Waals surface area contributed by atoms with Crippen molar-refractivity contribution in [3.8, 4) is 0 Å². The molecule has 5 rings (SSSR count). The lowest BCUT2D eigenvalue weighted by Gasteiger charge is -2.35. The van der Waals surface area contributed by atoms with Crippen molar-refractivity contribution < 1.29 is 4.79 Å². The van der Waals surface area contributed by atoms with Crippen LogP contribution in [0.1, 0.15) is 27.1 Å². The van der Waals surface area contributed by atoms with Gasteiger partial charge in [-0.05, 0) is 40.9 Å². The van der Waals surface area contributed by atoms with Gasteiger partial charge in [-0.1, -0.05) is 24.3 Å². The summed E-state index contributed by atoms with van der Waals surface area (Å²) in [5, 5.41) is 9.94. The minimum atomic E-state index is -0.144. The summed E-state index contributed by atoms with van der Waals surface area (Å²) in [6, 6.07) is 13.6. The maximum Gasteiger partial charge on any atom is 0.274 e. The van der Waals surface area contributed by atoms with Gasteiger partial charge >= 0.3 is 0 Å². The van der Waals surface area contributed by atoms with E-state index in [4.69, 9.17) is 0 Å². The minimum absolute atomic E-state index is 0.0385. The Morgan fingerprint density at radius 1 is 1.10 bits per heavy atom. The number of amides is 1. The Morgan fingerprint density at radius 3 is 2.72 bits per heavy atom. The number of aryl methyl sites for hydroxylation is 1. The lowest BCUT2D eigenvalue weighted by molar-refractivity contribution is -0.132. The molecular weight excluding hydrogens is 402 g/mol. The van der Waals surface area contributed by atoms with Gasteiger partial charge in [0.25, 0.3) is 5.56 Å². The molecule has 1 amide bonds. The van der Waals surface area contributed by atoms with Crippen molar-refractivity contribution in [3.05, 3.63) is 84.6 Å². The molecule has 3 aromatic heterocycles. The molecule has 146 valence electrons. The van der Waals surface area contributed by atoms with Crippen LogP contribution in [0.5, 0.6) is 0 Å². The van der Waals surface area contributed by atoms with Crippen molar-refractivity contribution in [2.75, 3.05) is 6.54 Å². The highest BCUT2D eigenvalue weighted by atomic mass is 32.1. The van der Waals surface area contributed by atoms with Gasteiger partial charge in [0.15, 0.2) is 0 Å². The zero-order chi connectivity index (χ0) is 20.0. The average molecular weight is 422 g/mol. The second-order valence-corrected chi connectivity index (χ2v) is 9.13. The van der Waals surface area contributed by atoms with E-state index in [0.717, 1.165) is 11.8 Å². The van der Waals surface area contributed by atoms with Crippen LogP contribution in [0.25, 0.3) is 10.8 Å². The molecule has 0 fully saturated rings. The van der Waals surface area contributed by atoms with Gasteiger partial charge in [-0.15, -0.1) is 22.7 Å². The number of carbonyl (C=O) groups is 1. The van der Waals surface area contributed by atoms with Gasteiger partial charge < -0.3 is 4.90 Å². The molecule has 0 saturated carbocycles. The predicted molar refractivity (Wildman–Crippen MR) is 117 cm³/mol. The Balaban J connectivity index is 1.54. The maximum absolute atomic E-state index is 13.5. The number of fused-ring (bicyclic) bond motifs is 2. The maximum atomic E-state index is 13.5. The number of nitrogens with zero attached hydrogens (tertiary/aromatic N) is 3. The number of aromatic nitrogens is 2. The molecule has 1 atom stereocenters. The van der Waals surface area contributed by atoms with E-state index in [-0.39, 0.29) is 23.9 Å². The Kier molecular flexibility index (Phi) is 4.56. The molecule has 0 spiro atoms. The average Bonchev–Trinajstić information content (AvgIpc) is 3.42. The lowest BCUT2D eigenvalue weighted by atomic mass is 9.97. The summed E-state index contributed by atoms with van der Waals surface area (Å²) in [5.74, 6) is 0.0385. The van der Waals surface area contributed by atoms with Crippen molar-refractivity contribution in [1.29, 1.82) is 0 Å². The third-order valence-electron chi connectivity index (χ3n) is 5.45. The van der Waals surface area contributed by atoms with Gasteiger partial charge in [-0.25, -0.2) is 4.68 Å². The molecule has 1 aliphatic heterocycles. The fourth-order valence-electron chi connectivity index (χ4n) is 4.09. The summed E-state index contributed by atoms with van der Waals surface area (Å²) in [7, 11) is 1.63. The Bertz CT molecular complexity index is 1260. The summed E-state index contributed by atoms with van der Waals surface area (Å²) in [4.78, 5) is 30.4. The van der Waals surface area contributed by atoms with Gasteiger partial charge in [0.1, 0.15) is 0 Å². The summed E-state index contributed by atoms with van der Waals surface area (Å²) >= 11 is 3.45. The molecule has 0 N–H and O–H groups in total. The van der Waals surface area contributed by atoms with E-state index in [0.29, 0.717) is 17.6 Å². The molecule has 4 heterocycles. The first-order valence-electron chi connectivity index (χ1n) is 9.47. The lowest BCUT2D eigenvalue weighted by Crippen LogP contribution is -2.41. The number of thiophene rings is 2. The first kappa shape index (κ1) is 18.3. The van der Waals surface area contributed by atoms with E-state index in [2.05, 4.69) is 28.0 Å². The molecule has 1 aromatic carbocycles. The highest BCUT2D eigenvalue weighted by molar-refractivity contribution is 7.10. The number of carbonyl (C=O) groups excluding carboxylic acids is 1. The first-order valence-corrected chi connectivity index (χ1v) is 11.2. The van der Waals surface area contributed by atoms with Crippen LogP contribution in [-0.4, -0.2) is 27.1 Å². The standard InChI is InChI=1S/C22H19N3O2S2/c1-24-22(27)15-6-3-2-5-14(15)17(23-24)13-20(26)25-10-8-18-16(9-12-29-18)21(25)19-7-4-11-28-19/h2-7,9,11-12,21H,8,10,13H2,1H3/t21-/m0/s1. The monoisotopic (exact) mass is 421 g/mol. The van der Waals surface area contributed by atoms with Gasteiger partial charge in [0.2, 0.25) is 5.91 Å². The van der Waals surface area contributed by atoms with Gasteiger partial charge in [-0.3, -0.25) is 9.59 Å². The van der Waals surface area contributed by atoms with Gasteiger partial charge in [-0.2, -0.15) is 5.10 Å². The van der Waals surface area contributed by atoms with Crippen molar-refractivity contribution in [1.82, 2.24) is 14.7 Å². The molecule has 0 radical (unpaired) electrons. The molecule has 0 bridgehead atoms. The number of hydrogen-bond acceptors (Lipinski definition) is 5. The third kappa shape index (κ3) is 3.10. The summed E-state index contributed by atoms with van der Waals surface area (Å²) in [6.07, 6.45) is 1.05. The second-order valence-electron chi connectivity index (χ2n) is 7.15. The van der Waals surface area contributed by atoms with Crippen molar-refractivity contribution in [2.24, 2.45) is 7.05 Å². The first-order chi connectivity index (χ1) is 14.1. The van der Waals surface area contributed by atoms with E-state index in [1.165, 1.54) is 20.0 Å². The van der Waals surface area contributed by atoms with Crippen LogP contribution in [0.3, 0.4) is 0 Å². The van der Waals surface area contributed by atoms with E-state index in [9.17, 15) is 9.59 Å². The van der Waals surface area contributed by atoms with Crippen molar-refractivity contribution in [3.63, 3.8) is 0 Å². The van der Waals surface area contributed by atoms with Crippen LogP contribution >= 0.6 is 22.7 Å². The number of hydrogen-bond donors (Lipinski definition) is 0. The van der Waals surface area contributed by atoms with E-state index in [1.807, 2.05) is 29.2 Å². The van der Waals surface area contributed by atoms with Crippen LogP contribution in [-0.2, 0) is 24.7 Å².